The summed E-state index contributed by atoms with van der Waals surface area (Å²) in [5.74, 6) is 1.98. The molecule has 0 atom stereocenters. The second kappa shape index (κ2) is 6.93. The molecule has 4 nitrogen and oxygen atoms in total. The van der Waals surface area contributed by atoms with Crippen LogP contribution in [0.15, 0.2) is 66.7 Å². The molecule has 1 aromatic heterocycles. The second-order valence-corrected chi connectivity index (χ2v) is 6.17. The molecule has 0 aliphatic carbocycles. The van der Waals surface area contributed by atoms with Crippen LogP contribution in [0.5, 0.6) is 11.5 Å². The van der Waals surface area contributed by atoms with E-state index >= 15 is 0 Å². The first-order valence-corrected chi connectivity index (χ1v) is 8.38. The molecule has 6 heteroatoms. The molecule has 0 bridgehead atoms. The molecule has 0 fully saturated rings. The van der Waals surface area contributed by atoms with E-state index in [1.807, 2.05) is 53.1 Å². The predicted molar refractivity (Wildman–Crippen MR) is 104 cm³/mol. The molecule has 0 unspecified atom stereocenters. The number of hydrogen-bond acceptors (Lipinski definition) is 3. The van der Waals surface area contributed by atoms with Gasteiger partial charge in [-0.3, -0.25) is 0 Å². The molecule has 4 aromatic rings. The van der Waals surface area contributed by atoms with Gasteiger partial charge in [-0.05, 0) is 36.4 Å². The highest BCUT2D eigenvalue weighted by Crippen LogP contribution is 2.36. The van der Waals surface area contributed by atoms with E-state index in [0.717, 1.165) is 28.2 Å². The Labute approximate surface area is 161 Å². The number of rotatable bonds is 3. The van der Waals surface area contributed by atoms with Crippen molar-refractivity contribution in [1.29, 1.82) is 0 Å². The fourth-order valence-corrected chi connectivity index (χ4v) is 3.29. The molecule has 5 rings (SSSR count). The van der Waals surface area contributed by atoms with Gasteiger partial charge in [-0.1, -0.05) is 30.3 Å². The highest BCUT2D eigenvalue weighted by Gasteiger charge is 2.18. The number of fused-ring (bicyclic) bond motifs is 2. The Morgan fingerprint density at radius 1 is 0.926 bits per heavy atom. The fourth-order valence-electron chi connectivity index (χ4n) is 3.29. The lowest BCUT2D eigenvalue weighted by molar-refractivity contribution is 0.174. The number of nitrogens with zero attached hydrogens (tertiary/aromatic N) is 2. The standard InChI is InChI=1S/C21H15FN2O2.ClH/c22-16-6-2-1-5-15(16)12-24-18-8-4-3-7-17(18)23-21(24)14-9-10-19-20(11-14)26-13-25-19;/h1-11H,12-13H2;1H. The lowest BCUT2D eigenvalue weighted by Crippen LogP contribution is -2.04. The van der Waals surface area contributed by atoms with Crippen molar-refractivity contribution in [2.24, 2.45) is 0 Å². The molecular weight excluding hydrogens is 367 g/mol. The van der Waals surface area contributed by atoms with Crippen molar-refractivity contribution in [3.05, 3.63) is 78.1 Å². The molecule has 0 spiro atoms. The van der Waals surface area contributed by atoms with Crippen LogP contribution in [0.4, 0.5) is 4.39 Å². The predicted octanol–water partition coefficient (Wildman–Crippen LogP) is 5.04. The summed E-state index contributed by atoms with van der Waals surface area (Å²) in [4.78, 5) is 4.78. The normalized spacial score (nSPS) is 12.2. The molecular formula is C21H16ClFN2O2. The fraction of sp³-hybridized carbons (Fsp3) is 0.0952. The van der Waals surface area contributed by atoms with Crippen molar-refractivity contribution >= 4 is 23.4 Å². The number of para-hydroxylation sites is 2. The van der Waals surface area contributed by atoms with E-state index in [1.165, 1.54) is 6.07 Å². The Balaban J connectivity index is 0.00000180. The van der Waals surface area contributed by atoms with Crippen molar-refractivity contribution in [1.82, 2.24) is 9.55 Å². The molecule has 0 amide bonds. The molecule has 27 heavy (non-hydrogen) atoms. The highest BCUT2D eigenvalue weighted by atomic mass is 35.5. The Kier molecular flexibility index (Phi) is 4.46. The maximum atomic E-state index is 14.2. The van der Waals surface area contributed by atoms with Gasteiger partial charge in [-0.15, -0.1) is 12.4 Å². The third kappa shape index (κ3) is 3.00. The first-order chi connectivity index (χ1) is 12.8. The van der Waals surface area contributed by atoms with Crippen LogP contribution >= 0.6 is 12.4 Å². The van der Waals surface area contributed by atoms with Crippen LogP contribution in [-0.2, 0) is 6.54 Å². The molecule has 0 radical (unpaired) electrons. The Morgan fingerprint density at radius 2 is 1.70 bits per heavy atom. The van der Waals surface area contributed by atoms with Crippen LogP contribution in [-0.4, -0.2) is 16.3 Å². The zero-order valence-electron chi connectivity index (χ0n) is 14.3. The van der Waals surface area contributed by atoms with Crippen LogP contribution < -0.4 is 9.47 Å². The van der Waals surface area contributed by atoms with Gasteiger partial charge in [0.15, 0.2) is 11.5 Å². The number of benzene rings is 3. The van der Waals surface area contributed by atoms with E-state index in [1.54, 1.807) is 12.1 Å². The minimum absolute atomic E-state index is 0. The minimum Gasteiger partial charge on any atom is -0.454 e. The van der Waals surface area contributed by atoms with E-state index in [0.29, 0.717) is 17.9 Å². The first-order valence-electron chi connectivity index (χ1n) is 8.38. The SMILES string of the molecule is Cl.Fc1ccccc1Cn1c(-c2ccc3c(c2)OCO3)nc2ccccc21. The first kappa shape index (κ1) is 17.4. The van der Waals surface area contributed by atoms with Crippen LogP contribution in [0.3, 0.4) is 0 Å². The van der Waals surface area contributed by atoms with E-state index in [9.17, 15) is 4.39 Å². The van der Waals surface area contributed by atoms with Gasteiger partial charge in [-0.2, -0.15) is 0 Å². The molecule has 1 aliphatic rings. The maximum absolute atomic E-state index is 14.2. The van der Waals surface area contributed by atoms with Gasteiger partial charge < -0.3 is 14.0 Å². The van der Waals surface area contributed by atoms with Crippen LogP contribution in [0, 0.1) is 5.82 Å². The van der Waals surface area contributed by atoms with Crippen molar-refractivity contribution < 1.29 is 13.9 Å². The van der Waals surface area contributed by atoms with E-state index in [-0.39, 0.29) is 25.0 Å². The largest absolute Gasteiger partial charge is 0.454 e. The highest BCUT2D eigenvalue weighted by molar-refractivity contribution is 5.85. The molecule has 0 saturated heterocycles. The lowest BCUT2D eigenvalue weighted by atomic mass is 10.1. The number of hydrogen-bond donors (Lipinski definition) is 0. The lowest BCUT2D eigenvalue weighted by Gasteiger charge is -2.11. The number of aromatic nitrogens is 2. The van der Waals surface area contributed by atoms with E-state index in [4.69, 9.17) is 14.5 Å². The number of imidazole rings is 1. The van der Waals surface area contributed by atoms with Gasteiger partial charge in [0.2, 0.25) is 6.79 Å². The summed E-state index contributed by atoms with van der Waals surface area (Å²) in [6.45, 7) is 0.626. The third-order valence-electron chi connectivity index (χ3n) is 4.57. The topological polar surface area (TPSA) is 36.3 Å². The number of ether oxygens (including phenoxy) is 2. The summed E-state index contributed by atoms with van der Waals surface area (Å²) in [7, 11) is 0. The average molecular weight is 383 g/mol. The molecule has 0 N–H and O–H groups in total. The van der Waals surface area contributed by atoms with E-state index in [2.05, 4.69) is 0 Å². The Bertz CT molecular complexity index is 1130. The van der Waals surface area contributed by atoms with Gasteiger partial charge in [0.05, 0.1) is 17.6 Å². The second-order valence-electron chi connectivity index (χ2n) is 6.17. The van der Waals surface area contributed by atoms with Gasteiger partial charge in [0.1, 0.15) is 11.6 Å². The summed E-state index contributed by atoms with van der Waals surface area (Å²) in [6.07, 6.45) is 0. The summed E-state index contributed by atoms with van der Waals surface area (Å²) in [5, 5.41) is 0. The summed E-state index contributed by atoms with van der Waals surface area (Å²) < 4.78 is 27.1. The van der Waals surface area contributed by atoms with Gasteiger partial charge >= 0.3 is 0 Å². The monoisotopic (exact) mass is 382 g/mol. The molecule has 136 valence electrons. The van der Waals surface area contributed by atoms with E-state index < -0.39 is 0 Å². The van der Waals surface area contributed by atoms with Gasteiger partial charge in [-0.25, -0.2) is 9.37 Å². The van der Waals surface area contributed by atoms with Crippen molar-refractivity contribution in [2.75, 3.05) is 6.79 Å². The maximum Gasteiger partial charge on any atom is 0.231 e. The zero-order valence-corrected chi connectivity index (χ0v) is 15.1. The van der Waals surface area contributed by atoms with Crippen molar-refractivity contribution in [2.45, 2.75) is 6.54 Å². The van der Waals surface area contributed by atoms with Crippen LogP contribution in [0.2, 0.25) is 0 Å². The quantitative estimate of drug-likeness (QED) is 0.498. The van der Waals surface area contributed by atoms with Crippen LogP contribution in [0.1, 0.15) is 5.56 Å². The van der Waals surface area contributed by atoms with Crippen LogP contribution in [0.25, 0.3) is 22.4 Å². The molecule has 3 aromatic carbocycles. The van der Waals surface area contributed by atoms with Crippen molar-refractivity contribution in [3.8, 4) is 22.9 Å². The Morgan fingerprint density at radius 3 is 2.59 bits per heavy atom. The minimum atomic E-state index is -0.220. The number of halogens is 2. The summed E-state index contributed by atoms with van der Waals surface area (Å²) in [6, 6.07) is 20.4. The summed E-state index contributed by atoms with van der Waals surface area (Å²) >= 11 is 0. The smallest absolute Gasteiger partial charge is 0.231 e. The molecule has 0 saturated carbocycles. The third-order valence-corrected chi connectivity index (χ3v) is 4.57. The average Bonchev–Trinajstić information content (AvgIpc) is 3.28. The van der Waals surface area contributed by atoms with Gasteiger partial charge in [0.25, 0.3) is 0 Å². The van der Waals surface area contributed by atoms with Crippen molar-refractivity contribution in [3.63, 3.8) is 0 Å². The van der Waals surface area contributed by atoms with Gasteiger partial charge in [0, 0.05) is 11.1 Å². The Hall–Kier alpha value is -3.05. The summed E-state index contributed by atoms with van der Waals surface area (Å²) in [5.41, 5.74) is 3.36. The zero-order chi connectivity index (χ0) is 17.5. The molecule has 2 heterocycles. The molecule has 1 aliphatic heterocycles.